The number of fused-ring (bicyclic) bond motifs is 2. The molecule has 3 aromatic heterocycles. The summed E-state index contributed by atoms with van der Waals surface area (Å²) in [6, 6.07) is 7.20. The van der Waals surface area contributed by atoms with Crippen molar-refractivity contribution in [2.45, 2.75) is 102 Å². The van der Waals surface area contributed by atoms with Crippen molar-refractivity contribution in [3.8, 4) is 23.0 Å². The van der Waals surface area contributed by atoms with Gasteiger partial charge in [0.25, 0.3) is 5.91 Å². The summed E-state index contributed by atoms with van der Waals surface area (Å²) in [5.74, 6) is 2.02. The number of aromatic amines is 1. The summed E-state index contributed by atoms with van der Waals surface area (Å²) in [7, 11) is 1.65. The van der Waals surface area contributed by atoms with Gasteiger partial charge in [0.2, 0.25) is 17.7 Å². The summed E-state index contributed by atoms with van der Waals surface area (Å²) >= 11 is 0. The van der Waals surface area contributed by atoms with Crippen LogP contribution >= 0.6 is 0 Å². The number of imide groups is 1. The fourth-order valence-corrected chi connectivity index (χ4v) is 9.89. The molecule has 60 heavy (non-hydrogen) atoms. The summed E-state index contributed by atoms with van der Waals surface area (Å²) in [6.07, 6.45) is 13.2. The van der Waals surface area contributed by atoms with Crippen LogP contribution in [0.5, 0.6) is 11.6 Å². The quantitative estimate of drug-likeness (QED) is 0.203. The number of nitrogens with zero attached hydrogens (tertiary/aromatic N) is 8. The molecule has 16 nitrogen and oxygen atoms in total. The van der Waals surface area contributed by atoms with Crippen molar-refractivity contribution in [2.75, 3.05) is 62.7 Å². The molecule has 4 aromatic rings. The van der Waals surface area contributed by atoms with Gasteiger partial charge in [0.05, 0.1) is 49.0 Å². The number of methoxy groups -OCH3 is 1. The summed E-state index contributed by atoms with van der Waals surface area (Å²) < 4.78 is 18.8. The number of hydrogen-bond acceptors (Lipinski definition) is 13. The van der Waals surface area contributed by atoms with Gasteiger partial charge in [-0.25, -0.2) is 15.0 Å². The van der Waals surface area contributed by atoms with Crippen molar-refractivity contribution in [3.05, 3.63) is 47.9 Å². The van der Waals surface area contributed by atoms with E-state index in [1.54, 1.807) is 24.5 Å². The molecule has 3 saturated heterocycles. The molecular formula is C44H54N10O6. The van der Waals surface area contributed by atoms with Gasteiger partial charge in [-0.2, -0.15) is 5.10 Å². The van der Waals surface area contributed by atoms with Crippen LogP contribution in [0.2, 0.25) is 0 Å². The Morgan fingerprint density at radius 3 is 2.40 bits per heavy atom. The van der Waals surface area contributed by atoms with Crippen LogP contribution in [0.15, 0.2) is 36.8 Å². The van der Waals surface area contributed by atoms with Crippen LogP contribution in [0.25, 0.3) is 22.3 Å². The van der Waals surface area contributed by atoms with Crippen molar-refractivity contribution >= 4 is 40.1 Å². The van der Waals surface area contributed by atoms with Gasteiger partial charge in [-0.3, -0.25) is 29.7 Å². The van der Waals surface area contributed by atoms with Crippen LogP contribution < -0.4 is 24.6 Å². The third kappa shape index (κ3) is 7.75. The Kier molecular flexibility index (Phi) is 10.3. The highest BCUT2D eigenvalue weighted by molar-refractivity contribution is 6.06. The normalized spacial score (nSPS) is 24.8. The molecule has 3 amide bonds. The third-order valence-corrected chi connectivity index (χ3v) is 13.6. The first-order chi connectivity index (χ1) is 29.2. The predicted octanol–water partition coefficient (Wildman–Crippen LogP) is 4.48. The zero-order valence-electron chi connectivity index (χ0n) is 34.5. The molecule has 2 aliphatic carbocycles. The molecule has 6 aliphatic rings. The van der Waals surface area contributed by atoms with Gasteiger partial charge in [0.15, 0.2) is 0 Å². The smallest absolute Gasteiger partial charge is 0.255 e. The minimum absolute atomic E-state index is 0.108. The number of rotatable bonds is 11. The Hall–Kier alpha value is -5.35. The average molecular weight is 819 g/mol. The maximum absolute atomic E-state index is 13.4. The highest BCUT2D eigenvalue weighted by Gasteiger charge is 2.42. The molecule has 4 aliphatic heterocycles. The summed E-state index contributed by atoms with van der Waals surface area (Å²) in [4.78, 5) is 60.2. The van der Waals surface area contributed by atoms with E-state index in [1.165, 1.54) is 12.8 Å². The fraction of sp³-hybridized carbons (Fsp3) is 0.568. The number of amides is 3. The lowest BCUT2D eigenvalue weighted by atomic mass is 9.86. The van der Waals surface area contributed by atoms with Crippen molar-refractivity contribution < 1.29 is 28.6 Å². The van der Waals surface area contributed by atoms with Crippen molar-refractivity contribution in [2.24, 2.45) is 5.92 Å². The lowest BCUT2D eigenvalue weighted by Gasteiger charge is -2.40. The monoisotopic (exact) mass is 818 g/mol. The van der Waals surface area contributed by atoms with Gasteiger partial charge < -0.3 is 28.9 Å². The first-order valence-corrected chi connectivity index (χ1v) is 21.8. The fourth-order valence-electron chi connectivity index (χ4n) is 9.89. The Morgan fingerprint density at radius 1 is 0.867 bits per heavy atom. The lowest BCUT2D eigenvalue weighted by Crippen LogP contribution is -2.52. The highest BCUT2D eigenvalue weighted by atomic mass is 16.5. The molecule has 1 atom stereocenters. The van der Waals surface area contributed by atoms with Crippen LogP contribution in [0.4, 0.5) is 11.5 Å². The van der Waals surface area contributed by atoms with E-state index in [9.17, 15) is 14.4 Å². The first kappa shape index (κ1) is 38.8. The largest absolute Gasteiger partial charge is 0.494 e. The number of carbonyl (C=O) groups is 3. The van der Waals surface area contributed by atoms with Crippen molar-refractivity contribution in [1.82, 2.24) is 40.3 Å². The maximum Gasteiger partial charge on any atom is 0.255 e. The number of nitrogens with one attached hydrogen (secondary N) is 2. The number of piperidine rings is 2. The van der Waals surface area contributed by atoms with E-state index in [-0.39, 0.29) is 29.9 Å². The molecule has 10 rings (SSSR count). The lowest BCUT2D eigenvalue weighted by molar-refractivity contribution is -0.136. The number of anilines is 2. The number of pyridine rings is 1. The Balaban J connectivity index is 0.673. The molecule has 7 heterocycles. The average Bonchev–Trinajstić information content (AvgIpc) is 3.68. The minimum Gasteiger partial charge on any atom is -0.494 e. The van der Waals surface area contributed by atoms with Crippen LogP contribution in [0, 0.1) is 5.92 Å². The highest BCUT2D eigenvalue weighted by Crippen LogP contribution is 2.42. The van der Waals surface area contributed by atoms with Gasteiger partial charge in [0.1, 0.15) is 35.2 Å². The molecule has 16 heteroatoms. The minimum atomic E-state index is -0.648. The summed E-state index contributed by atoms with van der Waals surface area (Å²) in [6.45, 7) is 8.99. The molecule has 0 bridgehead atoms. The van der Waals surface area contributed by atoms with Gasteiger partial charge in [-0.1, -0.05) is 0 Å². The molecule has 0 radical (unpaired) electrons. The first-order valence-electron chi connectivity index (χ1n) is 21.8. The van der Waals surface area contributed by atoms with Gasteiger partial charge in [-0.05, 0) is 82.8 Å². The van der Waals surface area contributed by atoms with E-state index in [2.05, 4.69) is 52.1 Å². The zero-order valence-corrected chi connectivity index (χ0v) is 34.5. The van der Waals surface area contributed by atoms with Crippen LogP contribution in [-0.4, -0.2) is 129 Å². The van der Waals surface area contributed by atoms with E-state index < -0.39 is 11.9 Å². The van der Waals surface area contributed by atoms with E-state index in [1.807, 2.05) is 24.3 Å². The van der Waals surface area contributed by atoms with Crippen LogP contribution in [0.3, 0.4) is 0 Å². The van der Waals surface area contributed by atoms with Gasteiger partial charge in [-0.15, -0.1) is 0 Å². The van der Waals surface area contributed by atoms with E-state index in [4.69, 9.17) is 14.2 Å². The number of aromatic nitrogens is 5. The summed E-state index contributed by atoms with van der Waals surface area (Å²) in [5.41, 5.74) is 4.67. The number of H-pyrrole nitrogens is 1. The summed E-state index contributed by atoms with van der Waals surface area (Å²) in [5, 5.41) is 11.0. The number of carbonyl (C=O) groups excluding carboxylic acids is 3. The topological polar surface area (TPSA) is 171 Å². The van der Waals surface area contributed by atoms with Crippen molar-refractivity contribution in [3.63, 3.8) is 0 Å². The number of piperazine rings is 1. The Labute approximate surface area is 349 Å². The van der Waals surface area contributed by atoms with Gasteiger partial charge in [0, 0.05) is 80.9 Å². The second-order valence-electron chi connectivity index (χ2n) is 17.8. The number of hydrogen-bond donors (Lipinski definition) is 2. The number of ether oxygens (including phenoxy) is 3. The van der Waals surface area contributed by atoms with Crippen molar-refractivity contribution in [1.29, 1.82) is 0 Å². The molecule has 1 aromatic carbocycles. The van der Waals surface area contributed by atoms with Gasteiger partial charge >= 0.3 is 0 Å². The molecule has 2 N–H and O–H groups in total. The molecule has 1 unspecified atom stereocenters. The molecule has 0 spiro atoms. The molecule has 316 valence electrons. The Bertz CT molecular complexity index is 2270. The van der Waals surface area contributed by atoms with E-state index >= 15 is 0 Å². The molecular weight excluding hydrogens is 765 g/mol. The molecule has 5 fully saturated rings. The number of benzene rings is 1. The zero-order chi connectivity index (χ0) is 41.0. The third-order valence-electron chi connectivity index (χ3n) is 13.6. The molecule has 2 saturated carbocycles. The van der Waals surface area contributed by atoms with Crippen LogP contribution in [0.1, 0.15) is 87.1 Å². The second-order valence-corrected chi connectivity index (χ2v) is 17.8. The van der Waals surface area contributed by atoms with E-state index in [0.29, 0.717) is 42.2 Å². The van der Waals surface area contributed by atoms with Crippen LogP contribution in [-0.2, 0) is 20.9 Å². The SMILES string of the molecule is COc1c(N2CCN(CC3CCC(OC4CCN(c5cc(-c6n[nH]c7cnc(OC8(C)CC8)cc67)ncn5)CC4)CC3)CC2)ccc2c1CN(C1CCC(=O)NC1=O)C2=O. The van der Waals surface area contributed by atoms with E-state index in [0.717, 1.165) is 124 Å². The second kappa shape index (κ2) is 15.9. The standard InChI is InChI=1S/C44H54N10O6/c1-44(13-14-44)60-39-21-31-34(23-45-39)49-50-40(31)33-22-37(47-26-46-33)53-15-11-29(12-16-53)59-28-5-3-27(4-6-28)24-51-17-19-52(20-18-51)35-8-7-30-32(41(35)58-2)25-54(43(30)57)36-9-10-38(55)48-42(36)56/h7-8,21-23,26-29,36H,3-6,9-20,24-25H2,1-2H3,(H,49,50)(H,48,55,56). The maximum atomic E-state index is 13.4. The Morgan fingerprint density at radius 2 is 1.65 bits per heavy atom. The predicted molar refractivity (Wildman–Crippen MR) is 223 cm³/mol.